The lowest BCUT2D eigenvalue weighted by molar-refractivity contribution is -0.117. The minimum absolute atomic E-state index is 0.142. The molecule has 10 heteroatoms. The molecule has 2 aromatic heterocycles. The van der Waals surface area contributed by atoms with Gasteiger partial charge in [0.05, 0.1) is 17.3 Å². The van der Waals surface area contributed by atoms with Crippen molar-refractivity contribution in [2.24, 2.45) is 0 Å². The molecule has 0 saturated heterocycles. The van der Waals surface area contributed by atoms with Gasteiger partial charge < -0.3 is 10.1 Å². The van der Waals surface area contributed by atoms with Crippen molar-refractivity contribution in [2.75, 3.05) is 12.4 Å². The molecule has 0 aliphatic carbocycles. The molecule has 30 heavy (non-hydrogen) atoms. The number of nitrogens with zero attached hydrogens (tertiary/aromatic N) is 1. The maximum absolute atomic E-state index is 13.1. The van der Waals surface area contributed by atoms with Gasteiger partial charge in [0.15, 0.2) is 5.13 Å². The number of hydrogen-bond acceptors (Lipinski definition) is 7. The third kappa shape index (κ3) is 4.36. The lowest BCUT2D eigenvalue weighted by atomic mass is 10.1. The zero-order valence-corrected chi connectivity index (χ0v) is 18.2. The fourth-order valence-corrected chi connectivity index (χ4v) is 5.90. The van der Waals surface area contributed by atoms with Crippen molar-refractivity contribution in [1.82, 2.24) is 9.71 Å². The third-order valence-corrected chi connectivity index (χ3v) is 8.01. The minimum Gasteiger partial charge on any atom is -0.497 e. The molecule has 0 aliphatic heterocycles. The van der Waals surface area contributed by atoms with E-state index in [9.17, 15) is 13.2 Å². The summed E-state index contributed by atoms with van der Waals surface area (Å²) in [4.78, 5) is 17.5. The van der Waals surface area contributed by atoms with Crippen LogP contribution in [0.3, 0.4) is 0 Å². The number of sulfonamides is 1. The molecule has 1 atom stereocenters. The maximum Gasteiger partial charge on any atom is 0.251 e. The topological polar surface area (TPSA) is 97.4 Å². The van der Waals surface area contributed by atoms with E-state index >= 15 is 0 Å². The molecule has 0 aliphatic rings. The van der Waals surface area contributed by atoms with Gasteiger partial charge in [-0.05, 0) is 35.2 Å². The van der Waals surface area contributed by atoms with E-state index in [2.05, 4.69) is 15.0 Å². The van der Waals surface area contributed by atoms with Gasteiger partial charge in [-0.3, -0.25) is 4.79 Å². The zero-order valence-electron chi connectivity index (χ0n) is 15.7. The lowest BCUT2D eigenvalue weighted by Crippen LogP contribution is -2.36. The molecule has 2 heterocycles. The maximum atomic E-state index is 13.1. The van der Waals surface area contributed by atoms with Crippen molar-refractivity contribution < 1.29 is 17.9 Å². The Morgan fingerprint density at radius 2 is 1.90 bits per heavy atom. The van der Waals surface area contributed by atoms with E-state index in [1.807, 2.05) is 6.07 Å². The number of carbonyl (C=O) groups is 1. The Morgan fingerprint density at radius 3 is 2.60 bits per heavy atom. The molecule has 0 radical (unpaired) electrons. The summed E-state index contributed by atoms with van der Waals surface area (Å²) in [6, 6.07) is 16.1. The number of benzene rings is 2. The first-order chi connectivity index (χ1) is 14.5. The Morgan fingerprint density at radius 1 is 1.10 bits per heavy atom. The Bertz CT molecular complexity index is 1270. The van der Waals surface area contributed by atoms with Gasteiger partial charge in [0.25, 0.3) is 10.0 Å². The van der Waals surface area contributed by atoms with Crippen LogP contribution in [0, 0.1) is 0 Å². The van der Waals surface area contributed by atoms with Crippen LogP contribution in [0.25, 0.3) is 10.2 Å². The summed E-state index contributed by atoms with van der Waals surface area (Å²) in [5, 5.41) is 4.78. The lowest BCUT2D eigenvalue weighted by Gasteiger charge is -2.17. The van der Waals surface area contributed by atoms with Crippen molar-refractivity contribution in [2.45, 2.75) is 10.3 Å². The third-order valence-electron chi connectivity index (χ3n) is 4.25. The number of thiazole rings is 1. The number of aromatic nitrogens is 1. The van der Waals surface area contributed by atoms with Crippen LogP contribution in [0.2, 0.25) is 0 Å². The number of anilines is 1. The number of hydrogen-bond donors (Lipinski definition) is 2. The number of rotatable bonds is 7. The van der Waals surface area contributed by atoms with Crippen molar-refractivity contribution in [1.29, 1.82) is 0 Å². The molecular formula is C20H17N3O4S3. The molecule has 7 nitrogen and oxygen atoms in total. The molecule has 4 aromatic rings. The molecule has 0 bridgehead atoms. The predicted molar refractivity (Wildman–Crippen MR) is 119 cm³/mol. The number of nitrogens with one attached hydrogen (secondary N) is 2. The number of amides is 1. The molecule has 0 unspecified atom stereocenters. The highest BCUT2D eigenvalue weighted by Gasteiger charge is 2.28. The second-order valence-electron chi connectivity index (χ2n) is 6.24. The second-order valence-corrected chi connectivity index (χ2v) is 10.2. The fourth-order valence-electron chi connectivity index (χ4n) is 2.81. The van der Waals surface area contributed by atoms with Crippen LogP contribution in [-0.2, 0) is 14.8 Å². The molecule has 0 saturated carbocycles. The van der Waals surface area contributed by atoms with E-state index < -0.39 is 22.0 Å². The summed E-state index contributed by atoms with van der Waals surface area (Å²) in [5.41, 5.74) is 1.24. The first-order valence-electron chi connectivity index (χ1n) is 8.82. The van der Waals surface area contributed by atoms with E-state index in [4.69, 9.17) is 4.74 Å². The van der Waals surface area contributed by atoms with E-state index in [0.717, 1.165) is 16.0 Å². The molecule has 1 amide bonds. The Balaban J connectivity index is 1.63. The summed E-state index contributed by atoms with van der Waals surface area (Å²) >= 11 is 2.37. The van der Waals surface area contributed by atoms with Gasteiger partial charge in [0, 0.05) is 0 Å². The summed E-state index contributed by atoms with van der Waals surface area (Å²) in [6.07, 6.45) is 0. The molecule has 0 spiro atoms. The minimum atomic E-state index is -3.86. The van der Waals surface area contributed by atoms with Gasteiger partial charge in [-0.25, -0.2) is 13.4 Å². The number of thiophene rings is 1. The number of methoxy groups -OCH3 is 1. The van der Waals surface area contributed by atoms with Crippen molar-refractivity contribution in [3.05, 3.63) is 71.6 Å². The van der Waals surface area contributed by atoms with Crippen LogP contribution in [-0.4, -0.2) is 26.4 Å². The Hall–Kier alpha value is -2.79. The van der Waals surface area contributed by atoms with Gasteiger partial charge >= 0.3 is 0 Å². The number of fused-ring (bicyclic) bond motifs is 1. The number of ether oxygens (including phenoxy) is 1. The largest absolute Gasteiger partial charge is 0.497 e. The standard InChI is InChI=1S/C20H17N3O4S3/c1-27-14-9-10-15-16(12-14)29-20(21-15)22-19(24)18(13-6-3-2-4-7-13)23-30(25,26)17-8-5-11-28-17/h2-12,18,23H,1H3,(H,21,22,24)/t18-/m1/s1. The highest BCUT2D eigenvalue weighted by molar-refractivity contribution is 7.91. The van der Waals surface area contributed by atoms with Crippen LogP contribution < -0.4 is 14.8 Å². The van der Waals surface area contributed by atoms with Crippen LogP contribution in [0.1, 0.15) is 11.6 Å². The summed E-state index contributed by atoms with van der Waals surface area (Å²) < 4.78 is 34.2. The molecule has 0 fully saturated rings. The fraction of sp³-hybridized carbons (Fsp3) is 0.100. The highest BCUT2D eigenvalue weighted by atomic mass is 32.2. The average molecular weight is 460 g/mol. The monoisotopic (exact) mass is 459 g/mol. The predicted octanol–water partition coefficient (Wildman–Crippen LogP) is 4.02. The van der Waals surface area contributed by atoms with Gasteiger partial charge in [-0.15, -0.1) is 11.3 Å². The van der Waals surface area contributed by atoms with Gasteiger partial charge in [0.2, 0.25) is 5.91 Å². The molecule has 154 valence electrons. The molecule has 2 N–H and O–H groups in total. The average Bonchev–Trinajstić information content (AvgIpc) is 3.42. The normalized spacial score (nSPS) is 12.6. The first kappa shape index (κ1) is 20.5. The number of carbonyl (C=O) groups excluding carboxylic acids is 1. The van der Waals surface area contributed by atoms with Crippen molar-refractivity contribution >= 4 is 54.0 Å². The van der Waals surface area contributed by atoms with Gasteiger partial charge in [-0.1, -0.05) is 47.7 Å². The SMILES string of the molecule is COc1ccc2nc(NC(=O)[C@H](NS(=O)(=O)c3cccs3)c3ccccc3)sc2c1. The van der Waals surface area contributed by atoms with E-state index in [1.54, 1.807) is 61.0 Å². The first-order valence-corrected chi connectivity index (χ1v) is 12.0. The molecule has 2 aromatic carbocycles. The second kappa shape index (κ2) is 8.52. The van der Waals surface area contributed by atoms with E-state index in [0.29, 0.717) is 22.0 Å². The Labute approximate surface area is 181 Å². The zero-order chi connectivity index (χ0) is 21.1. The van der Waals surface area contributed by atoms with E-state index in [1.165, 1.54) is 17.4 Å². The van der Waals surface area contributed by atoms with E-state index in [-0.39, 0.29) is 4.21 Å². The summed E-state index contributed by atoms with van der Waals surface area (Å²) in [7, 11) is -2.28. The van der Waals surface area contributed by atoms with Crippen molar-refractivity contribution in [3.63, 3.8) is 0 Å². The Kier molecular flexibility index (Phi) is 5.82. The quantitative estimate of drug-likeness (QED) is 0.435. The summed E-state index contributed by atoms with van der Waals surface area (Å²) in [5.74, 6) is 0.169. The van der Waals surface area contributed by atoms with Crippen LogP contribution >= 0.6 is 22.7 Å². The molecule has 4 rings (SSSR count). The summed E-state index contributed by atoms with van der Waals surface area (Å²) in [6.45, 7) is 0. The molecular weight excluding hydrogens is 442 g/mol. The smallest absolute Gasteiger partial charge is 0.251 e. The van der Waals surface area contributed by atoms with Gasteiger partial charge in [0.1, 0.15) is 16.0 Å². The van der Waals surface area contributed by atoms with Crippen LogP contribution in [0.5, 0.6) is 5.75 Å². The van der Waals surface area contributed by atoms with Crippen molar-refractivity contribution in [3.8, 4) is 5.75 Å². The van der Waals surface area contributed by atoms with Crippen LogP contribution in [0.15, 0.2) is 70.3 Å². The van der Waals surface area contributed by atoms with Crippen LogP contribution in [0.4, 0.5) is 5.13 Å². The highest BCUT2D eigenvalue weighted by Crippen LogP contribution is 2.30. The van der Waals surface area contributed by atoms with Gasteiger partial charge in [-0.2, -0.15) is 4.72 Å².